The molecule has 0 spiro atoms. The maximum atomic E-state index is 11.9. The Morgan fingerprint density at radius 1 is 1.26 bits per heavy atom. The minimum absolute atomic E-state index is 0.0430. The van der Waals surface area contributed by atoms with Crippen molar-refractivity contribution in [2.75, 3.05) is 19.8 Å². The number of hydrogen-bond donors (Lipinski definition) is 1. The third kappa shape index (κ3) is 5.48. The van der Waals surface area contributed by atoms with Crippen molar-refractivity contribution in [2.45, 2.75) is 39.0 Å². The van der Waals surface area contributed by atoms with Crippen LogP contribution in [0.25, 0.3) is 0 Å². The maximum Gasteiger partial charge on any atom is 0.257 e. The first-order valence-electron chi connectivity index (χ1n) is 8.29. The van der Waals surface area contributed by atoms with Crippen molar-refractivity contribution < 1.29 is 14.3 Å². The van der Waals surface area contributed by atoms with Crippen molar-refractivity contribution in [3.8, 4) is 17.6 Å². The number of nitrogens with one attached hydrogen (secondary N) is 1. The molecule has 1 aromatic carbocycles. The highest BCUT2D eigenvalue weighted by Crippen LogP contribution is 2.28. The molecule has 1 aliphatic carbocycles. The Morgan fingerprint density at radius 2 is 2.04 bits per heavy atom. The average molecular weight is 316 g/mol. The summed E-state index contributed by atoms with van der Waals surface area (Å²) in [6.45, 7) is 3.02. The fourth-order valence-electron chi connectivity index (χ4n) is 2.81. The van der Waals surface area contributed by atoms with Crippen molar-refractivity contribution >= 4 is 5.91 Å². The molecular formula is C18H24N2O3. The molecule has 124 valence electrons. The van der Waals surface area contributed by atoms with Crippen LogP contribution in [0.3, 0.4) is 0 Å². The third-order valence-corrected chi connectivity index (χ3v) is 4.04. The number of hydrogen-bond acceptors (Lipinski definition) is 4. The van der Waals surface area contributed by atoms with E-state index in [4.69, 9.17) is 14.7 Å². The van der Waals surface area contributed by atoms with Gasteiger partial charge in [-0.2, -0.15) is 5.26 Å². The molecule has 1 fully saturated rings. The molecule has 0 unspecified atom stereocenters. The molecule has 2 rings (SSSR count). The second-order valence-electron chi connectivity index (χ2n) is 5.80. The van der Waals surface area contributed by atoms with E-state index in [1.807, 2.05) is 6.92 Å². The van der Waals surface area contributed by atoms with Crippen LogP contribution < -0.4 is 14.8 Å². The summed E-state index contributed by atoms with van der Waals surface area (Å²) in [6, 6.07) is 7.00. The van der Waals surface area contributed by atoms with Crippen LogP contribution >= 0.6 is 0 Å². The van der Waals surface area contributed by atoms with E-state index < -0.39 is 0 Å². The van der Waals surface area contributed by atoms with E-state index in [2.05, 4.69) is 11.4 Å². The second-order valence-corrected chi connectivity index (χ2v) is 5.80. The van der Waals surface area contributed by atoms with Crippen LogP contribution in [0.5, 0.6) is 11.5 Å². The van der Waals surface area contributed by atoms with Crippen LogP contribution in [-0.2, 0) is 4.79 Å². The summed E-state index contributed by atoms with van der Waals surface area (Å²) in [5.41, 5.74) is 0.502. The molecule has 1 aliphatic rings. The summed E-state index contributed by atoms with van der Waals surface area (Å²) in [5, 5.41) is 11.9. The number of benzene rings is 1. The number of amides is 1. The molecule has 0 radical (unpaired) electrons. The summed E-state index contributed by atoms with van der Waals surface area (Å²) in [6.07, 6.45) is 6.24. The second kappa shape index (κ2) is 9.04. The van der Waals surface area contributed by atoms with Gasteiger partial charge in [0.2, 0.25) is 0 Å². The van der Waals surface area contributed by atoms with Gasteiger partial charge in [0.25, 0.3) is 5.91 Å². The van der Waals surface area contributed by atoms with E-state index >= 15 is 0 Å². The lowest BCUT2D eigenvalue weighted by Gasteiger charge is -2.21. The van der Waals surface area contributed by atoms with Crippen LogP contribution in [0.1, 0.15) is 44.6 Å². The molecule has 0 atom stereocenters. The minimum Gasteiger partial charge on any atom is -0.490 e. The zero-order chi connectivity index (χ0) is 16.5. The summed E-state index contributed by atoms with van der Waals surface area (Å²) < 4.78 is 11.0. The molecule has 0 heterocycles. The van der Waals surface area contributed by atoms with Gasteiger partial charge in [-0.15, -0.1) is 0 Å². The monoisotopic (exact) mass is 316 g/mol. The van der Waals surface area contributed by atoms with Gasteiger partial charge in [0.1, 0.15) is 0 Å². The number of carbonyl (C=O) groups is 1. The van der Waals surface area contributed by atoms with Gasteiger partial charge in [0.15, 0.2) is 18.1 Å². The third-order valence-electron chi connectivity index (χ3n) is 4.04. The quantitative estimate of drug-likeness (QED) is 0.839. The van der Waals surface area contributed by atoms with E-state index in [1.54, 1.807) is 18.2 Å². The van der Waals surface area contributed by atoms with Crippen LogP contribution in [-0.4, -0.2) is 25.7 Å². The minimum atomic E-state index is -0.123. The summed E-state index contributed by atoms with van der Waals surface area (Å²) in [5.74, 6) is 1.45. The predicted molar refractivity (Wildman–Crippen MR) is 87.4 cm³/mol. The topological polar surface area (TPSA) is 71.3 Å². The molecule has 0 aliphatic heterocycles. The normalized spacial score (nSPS) is 14.8. The average Bonchev–Trinajstić information content (AvgIpc) is 2.60. The number of nitriles is 1. The SMILES string of the molecule is CCOc1cc(C#N)ccc1OCC(=O)NCC1CCCCC1. The standard InChI is InChI=1S/C18H24N2O3/c1-2-22-17-10-15(11-19)8-9-16(17)23-13-18(21)20-12-14-6-4-3-5-7-14/h8-10,14H,2-7,12-13H2,1H3,(H,20,21). The Labute approximate surface area is 137 Å². The molecule has 1 N–H and O–H groups in total. The first-order valence-corrected chi connectivity index (χ1v) is 8.29. The van der Waals surface area contributed by atoms with Crippen LogP contribution in [0, 0.1) is 17.2 Å². The first-order chi connectivity index (χ1) is 11.2. The van der Waals surface area contributed by atoms with Gasteiger partial charge in [-0.25, -0.2) is 0 Å². The number of carbonyl (C=O) groups excluding carboxylic acids is 1. The fraction of sp³-hybridized carbons (Fsp3) is 0.556. The molecule has 1 amide bonds. The molecule has 23 heavy (non-hydrogen) atoms. The summed E-state index contributed by atoms with van der Waals surface area (Å²) in [7, 11) is 0. The van der Waals surface area contributed by atoms with Crippen molar-refractivity contribution in [3.63, 3.8) is 0 Å². The van der Waals surface area contributed by atoms with Gasteiger partial charge in [-0.3, -0.25) is 4.79 Å². The van der Waals surface area contributed by atoms with E-state index in [1.165, 1.54) is 32.1 Å². The van der Waals surface area contributed by atoms with Crippen molar-refractivity contribution in [2.24, 2.45) is 5.92 Å². The van der Waals surface area contributed by atoms with E-state index in [9.17, 15) is 4.79 Å². The maximum absolute atomic E-state index is 11.9. The summed E-state index contributed by atoms with van der Waals surface area (Å²) in [4.78, 5) is 11.9. The van der Waals surface area contributed by atoms with Gasteiger partial charge in [0.05, 0.1) is 18.2 Å². The summed E-state index contributed by atoms with van der Waals surface area (Å²) >= 11 is 0. The number of rotatable bonds is 7. The highest BCUT2D eigenvalue weighted by atomic mass is 16.5. The zero-order valence-electron chi connectivity index (χ0n) is 13.6. The highest BCUT2D eigenvalue weighted by molar-refractivity contribution is 5.77. The molecule has 5 nitrogen and oxygen atoms in total. The number of ether oxygens (including phenoxy) is 2. The number of nitrogens with zero attached hydrogens (tertiary/aromatic N) is 1. The Kier molecular flexibility index (Phi) is 6.74. The molecule has 0 saturated heterocycles. The Hall–Kier alpha value is -2.22. The van der Waals surface area contributed by atoms with Crippen LogP contribution in [0.4, 0.5) is 0 Å². The van der Waals surface area contributed by atoms with Crippen LogP contribution in [0.15, 0.2) is 18.2 Å². The van der Waals surface area contributed by atoms with Crippen LogP contribution in [0.2, 0.25) is 0 Å². The Balaban J connectivity index is 1.82. The predicted octanol–water partition coefficient (Wildman–Crippen LogP) is 3.03. The highest BCUT2D eigenvalue weighted by Gasteiger charge is 2.15. The van der Waals surface area contributed by atoms with Gasteiger partial charge >= 0.3 is 0 Å². The van der Waals surface area contributed by atoms with Gasteiger partial charge in [-0.1, -0.05) is 19.3 Å². The molecule has 1 aromatic rings. The smallest absolute Gasteiger partial charge is 0.257 e. The molecule has 5 heteroatoms. The fourth-order valence-corrected chi connectivity index (χ4v) is 2.81. The lowest BCUT2D eigenvalue weighted by molar-refractivity contribution is -0.123. The van der Waals surface area contributed by atoms with Gasteiger partial charge < -0.3 is 14.8 Å². The molecular weight excluding hydrogens is 292 g/mol. The first kappa shape index (κ1) is 17.1. The molecule has 0 bridgehead atoms. The van der Waals surface area contributed by atoms with Crippen molar-refractivity contribution in [1.29, 1.82) is 5.26 Å². The van der Waals surface area contributed by atoms with Crippen molar-refractivity contribution in [1.82, 2.24) is 5.32 Å². The lowest BCUT2D eigenvalue weighted by Crippen LogP contribution is -2.33. The Bertz CT molecular complexity index is 560. The zero-order valence-corrected chi connectivity index (χ0v) is 13.6. The van der Waals surface area contributed by atoms with E-state index in [-0.39, 0.29) is 12.5 Å². The van der Waals surface area contributed by atoms with E-state index in [0.717, 1.165) is 6.54 Å². The Morgan fingerprint density at radius 3 is 2.74 bits per heavy atom. The molecule has 1 saturated carbocycles. The van der Waals surface area contributed by atoms with E-state index in [0.29, 0.717) is 29.6 Å². The van der Waals surface area contributed by atoms with Gasteiger partial charge in [-0.05, 0) is 37.8 Å². The largest absolute Gasteiger partial charge is 0.490 e. The molecule has 0 aromatic heterocycles. The van der Waals surface area contributed by atoms with Gasteiger partial charge in [0, 0.05) is 12.6 Å². The van der Waals surface area contributed by atoms with Crippen molar-refractivity contribution in [3.05, 3.63) is 23.8 Å². The lowest BCUT2D eigenvalue weighted by atomic mass is 9.89.